The van der Waals surface area contributed by atoms with Gasteiger partial charge in [0, 0.05) is 37.0 Å². The molecule has 2 fully saturated rings. The summed E-state index contributed by atoms with van der Waals surface area (Å²) >= 11 is 0. The van der Waals surface area contributed by atoms with E-state index in [1.165, 1.54) is 0 Å². The van der Waals surface area contributed by atoms with Crippen molar-refractivity contribution in [2.24, 2.45) is 0 Å². The molecule has 13 heteroatoms. The number of aliphatic hydroxyl groups is 2. The van der Waals surface area contributed by atoms with Crippen LogP contribution in [0, 0.1) is 22.9 Å². The van der Waals surface area contributed by atoms with Crippen LogP contribution in [0.15, 0.2) is 24.5 Å². The molecule has 1 aliphatic carbocycles. The third-order valence-corrected chi connectivity index (χ3v) is 7.44. The Morgan fingerprint density at radius 3 is 2.48 bits per heavy atom. The first-order valence-electron chi connectivity index (χ1n) is 13.4. The van der Waals surface area contributed by atoms with Gasteiger partial charge in [-0.05, 0) is 52.4 Å². The van der Waals surface area contributed by atoms with E-state index < -0.39 is 40.7 Å². The molecular formula is C27H36F3N7O3. The average Bonchev–Trinajstić information content (AvgIpc) is 3.50. The lowest BCUT2D eigenvalue weighted by Gasteiger charge is -2.39. The molecule has 2 aromatic rings. The van der Waals surface area contributed by atoms with Gasteiger partial charge in [-0.2, -0.15) is 0 Å². The van der Waals surface area contributed by atoms with Crippen molar-refractivity contribution < 1.29 is 28.2 Å². The number of hydrogen-bond acceptors (Lipinski definition) is 8. The second kappa shape index (κ2) is 11.9. The number of rotatable bonds is 10. The number of carbonyl (C=O) groups excluding carboxylic acids is 1. The fraction of sp³-hybridized carbons (Fsp3) is 0.519. The van der Waals surface area contributed by atoms with E-state index in [1.807, 2.05) is 13.8 Å². The molecule has 1 aliphatic heterocycles. The van der Waals surface area contributed by atoms with E-state index in [9.17, 15) is 28.2 Å². The molecule has 218 valence electrons. The van der Waals surface area contributed by atoms with Crippen molar-refractivity contribution in [2.45, 2.75) is 76.1 Å². The van der Waals surface area contributed by atoms with Crippen LogP contribution >= 0.6 is 0 Å². The van der Waals surface area contributed by atoms with Gasteiger partial charge in [0.25, 0.3) is 5.91 Å². The second-order valence-corrected chi connectivity index (χ2v) is 10.7. The van der Waals surface area contributed by atoms with E-state index in [1.54, 1.807) is 9.47 Å². The van der Waals surface area contributed by atoms with Crippen molar-refractivity contribution in [1.82, 2.24) is 19.8 Å². The first kappa shape index (κ1) is 29.4. The lowest BCUT2D eigenvalue weighted by Crippen LogP contribution is -2.53. The molecule has 0 radical (unpaired) electrons. The first-order chi connectivity index (χ1) is 19.0. The molecule has 1 atom stereocenters. The second-order valence-electron chi connectivity index (χ2n) is 10.7. The van der Waals surface area contributed by atoms with Crippen molar-refractivity contribution in [3.63, 3.8) is 0 Å². The van der Waals surface area contributed by atoms with E-state index in [4.69, 9.17) is 5.41 Å². The van der Waals surface area contributed by atoms with Crippen LogP contribution in [0.2, 0.25) is 0 Å². The minimum Gasteiger partial charge on any atom is -0.394 e. The Morgan fingerprint density at radius 1 is 1.25 bits per heavy atom. The number of nitrogens with zero attached hydrogens (tertiary/aromatic N) is 3. The van der Waals surface area contributed by atoms with E-state index >= 15 is 0 Å². The largest absolute Gasteiger partial charge is 0.394 e. The summed E-state index contributed by atoms with van der Waals surface area (Å²) in [5, 5.41) is 37.7. The number of nitrogens with one attached hydrogen (secondary N) is 4. The van der Waals surface area contributed by atoms with Gasteiger partial charge in [-0.3, -0.25) is 9.36 Å². The summed E-state index contributed by atoms with van der Waals surface area (Å²) in [4.78, 5) is 19.2. The van der Waals surface area contributed by atoms with Crippen LogP contribution in [0.5, 0.6) is 0 Å². The summed E-state index contributed by atoms with van der Waals surface area (Å²) in [6.07, 6.45) is 3.22. The topological polar surface area (TPSA) is 139 Å². The highest BCUT2D eigenvalue weighted by atomic mass is 19.1. The summed E-state index contributed by atoms with van der Waals surface area (Å²) in [6.45, 7) is 8.09. The van der Waals surface area contributed by atoms with Crippen LogP contribution in [0.3, 0.4) is 0 Å². The maximum atomic E-state index is 14.6. The summed E-state index contributed by atoms with van der Waals surface area (Å²) in [5.74, 6) is -3.08. The van der Waals surface area contributed by atoms with E-state index in [2.05, 4.69) is 27.5 Å². The highest BCUT2D eigenvalue weighted by Crippen LogP contribution is 2.41. The van der Waals surface area contributed by atoms with Crippen molar-refractivity contribution in [3.05, 3.63) is 47.7 Å². The van der Waals surface area contributed by atoms with Gasteiger partial charge in [0.2, 0.25) is 5.95 Å². The number of imidazole rings is 1. The van der Waals surface area contributed by atoms with Crippen LogP contribution in [-0.4, -0.2) is 67.6 Å². The van der Waals surface area contributed by atoms with Crippen LogP contribution < -0.4 is 16.0 Å². The van der Waals surface area contributed by atoms with Crippen molar-refractivity contribution in [3.8, 4) is 0 Å². The summed E-state index contributed by atoms with van der Waals surface area (Å²) < 4.78 is 44.3. The van der Waals surface area contributed by atoms with E-state index in [0.717, 1.165) is 12.6 Å². The number of likely N-dealkylation sites (tertiary alicyclic amines) is 1. The smallest absolute Gasteiger partial charge is 0.254 e. The minimum absolute atomic E-state index is 0.00981. The van der Waals surface area contributed by atoms with E-state index in [0.29, 0.717) is 49.6 Å². The van der Waals surface area contributed by atoms with Crippen molar-refractivity contribution in [2.75, 3.05) is 23.8 Å². The van der Waals surface area contributed by atoms with Gasteiger partial charge >= 0.3 is 0 Å². The van der Waals surface area contributed by atoms with Gasteiger partial charge < -0.3 is 36.5 Å². The van der Waals surface area contributed by atoms with Crippen LogP contribution in [0.25, 0.3) is 0 Å². The Morgan fingerprint density at radius 2 is 1.90 bits per heavy atom. The molecule has 1 amide bonds. The molecule has 0 bridgehead atoms. The van der Waals surface area contributed by atoms with Gasteiger partial charge in [0.05, 0.1) is 18.5 Å². The Hall–Kier alpha value is -3.58. The third-order valence-electron chi connectivity index (χ3n) is 7.44. The number of anilines is 3. The minimum atomic E-state index is -1.61. The van der Waals surface area contributed by atoms with Crippen LogP contribution in [-0.2, 0) is 4.79 Å². The number of amides is 1. The third kappa shape index (κ3) is 5.94. The zero-order valence-corrected chi connectivity index (χ0v) is 22.6. The quantitative estimate of drug-likeness (QED) is 0.242. The summed E-state index contributed by atoms with van der Waals surface area (Å²) in [7, 11) is 0. The Balaban J connectivity index is 1.67. The van der Waals surface area contributed by atoms with Gasteiger partial charge in [0.1, 0.15) is 28.6 Å². The van der Waals surface area contributed by atoms with Crippen molar-refractivity contribution >= 4 is 29.6 Å². The molecule has 4 rings (SSSR count). The average molecular weight is 564 g/mol. The standard InChI is InChI=1S/C27H36F3N7O3/c1-15(2)32-16(3)33-24-22(13-31)34-26(35-23-20(29)11-17(28)12-21(23)30)37(24)18-6-8-27(40,9-7-18)25(39)36-10-4-5-19(36)14-38/h11-13,15,18-19,31-33,38,40H,3-10,14H2,1-2H3,(H,34,35)/t18?,19-,27?/m0/s1. The van der Waals surface area contributed by atoms with Crippen LogP contribution in [0.1, 0.15) is 64.1 Å². The highest BCUT2D eigenvalue weighted by molar-refractivity contribution is 5.86. The maximum Gasteiger partial charge on any atom is 0.254 e. The fourth-order valence-corrected chi connectivity index (χ4v) is 5.53. The molecule has 0 spiro atoms. The van der Waals surface area contributed by atoms with Gasteiger partial charge in [-0.15, -0.1) is 0 Å². The number of halogens is 3. The number of benzene rings is 1. The molecular weight excluding hydrogens is 527 g/mol. The van der Waals surface area contributed by atoms with Gasteiger partial charge in [-0.1, -0.05) is 6.58 Å². The summed E-state index contributed by atoms with van der Waals surface area (Å²) in [6, 6.07) is 0.417. The van der Waals surface area contributed by atoms with Gasteiger partial charge in [-0.25, -0.2) is 18.2 Å². The number of carbonyl (C=O) groups is 1. The molecule has 10 nitrogen and oxygen atoms in total. The zero-order chi connectivity index (χ0) is 29.2. The molecule has 2 heterocycles. The Kier molecular flexibility index (Phi) is 8.74. The first-order valence-corrected chi connectivity index (χ1v) is 13.4. The van der Waals surface area contributed by atoms with Crippen molar-refractivity contribution in [1.29, 1.82) is 5.41 Å². The normalized spacial score (nSPS) is 22.9. The molecule has 40 heavy (non-hydrogen) atoms. The fourth-order valence-electron chi connectivity index (χ4n) is 5.53. The predicted octanol–water partition coefficient (Wildman–Crippen LogP) is 3.75. The monoisotopic (exact) mass is 563 g/mol. The highest BCUT2D eigenvalue weighted by Gasteiger charge is 2.45. The molecule has 1 saturated carbocycles. The molecule has 1 aromatic heterocycles. The number of aromatic nitrogens is 2. The SMILES string of the molecule is C=C(Nc1c(C=N)nc(Nc2c(F)cc(F)cc2F)n1C1CCC(O)(C(=O)N2CCC[C@H]2CO)CC1)NC(C)C. The molecule has 0 unspecified atom stereocenters. The Bertz CT molecular complexity index is 1250. The Labute approximate surface area is 230 Å². The maximum absolute atomic E-state index is 14.6. The summed E-state index contributed by atoms with van der Waals surface area (Å²) in [5.41, 5.74) is -2.07. The predicted molar refractivity (Wildman–Crippen MR) is 145 cm³/mol. The lowest BCUT2D eigenvalue weighted by atomic mass is 9.81. The lowest BCUT2D eigenvalue weighted by molar-refractivity contribution is -0.157. The van der Waals surface area contributed by atoms with Gasteiger partial charge in [0.15, 0.2) is 11.6 Å². The molecule has 1 aromatic carbocycles. The number of aliphatic hydroxyl groups excluding tert-OH is 1. The zero-order valence-electron chi connectivity index (χ0n) is 22.6. The number of hydrogen-bond donors (Lipinski definition) is 6. The van der Waals surface area contributed by atoms with E-state index in [-0.39, 0.29) is 43.2 Å². The van der Waals surface area contributed by atoms with Crippen LogP contribution in [0.4, 0.5) is 30.6 Å². The molecule has 1 saturated heterocycles. The molecule has 6 N–H and O–H groups in total. The molecule has 2 aliphatic rings.